The normalized spacial score (nSPS) is 23.3. The van der Waals surface area contributed by atoms with E-state index in [1.165, 1.54) is 32.4 Å². The maximum absolute atomic E-state index is 12.2. The molecule has 0 aliphatic carbocycles. The van der Waals surface area contributed by atoms with E-state index >= 15 is 0 Å². The van der Waals surface area contributed by atoms with E-state index in [-0.39, 0.29) is 17.4 Å². The van der Waals surface area contributed by atoms with E-state index in [1.54, 1.807) is 0 Å². The third kappa shape index (κ3) is 4.18. The van der Waals surface area contributed by atoms with Crippen molar-refractivity contribution in [1.82, 2.24) is 15.5 Å². The fraction of sp³-hybridized carbons (Fsp3) is 0.933. The average Bonchev–Trinajstić information content (AvgIpc) is 2.47. The number of nitrogens with one attached hydrogen (secondary N) is 2. The lowest BCUT2D eigenvalue weighted by molar-refractivity contribution is -0.126. The molecule has 4 nitrogen and oxygen atoms in total. The van der Waals surface area contributed by atoms with Crippen LogP contribution in [0.5, 0.6) is 0 Å². The number of likely N-dealkylation sites (tertiary alicyclic amines) is 1. The number of hydrogen-bond donors (Lipinski definition) is 2. The number of rotatable bonds is 4. The summed E-state index contributed by atoms with van der Waals surface area (Å²) in [6, 6.07) is 0. The molecule has 2 heterocycles. The molecule has 2 aliphatic heterocycles. The summed E-state index contributed by atoms with van der Waals surface area (Å²) in [4.78, 5) is 14.7. The van der Waals surface area contributed by atoms with E-state index in [4.69, 9.17) is 0 Å². The van der Waals surface area contributed by atoms with E-state index in [9.17, 15) is 4.79 Å². The summed E-state index contributed by atoms with van der Waals surface area (Å²) < 4.78 is 0. The molecule has 2 aliphatic rings. The Balaban J connectivity index is 1.77. The van der Waals surface area contributed by atoms with Crippen LogP contribution in [0.15, 0.2) is 0 Å². The molecular formula is C15H29N3O. The zero-order valence-electron chi connectivity index (χ0n) is 12.5. The fourth-order valence-electron chi connectivity index (χ4n) is 3.14. The molecule has 2 saturated heterocycles. The molecule has 0 bridgehead atoms. The molecule has 19 heavy (non-hydrogen) atoms. The van der Waals surface area contributed by atoms with Gasteiger partial charge in [-0.25, -0.2) is 0 Å². The van der Waals surface area contributed by atoms with E-state index in [0.29, 0.717) is 0 Å². The zero-order valence-corrected chi connectivity index (χ0v) is 12.5. The first-order chi connectivity index (χ1) is 9.09. The smallest absolute Gasteiger partial charge is 0.223 e. The fourth-order valence-corrected chi connectivity index (χ4v) is 3.14. The number of nitrogens with zero attached hydrogens (tertiary/aromatic N) is 1. The minimum Gasteiger partial charge on any atom is -0.354 e. The number of amides is 1. The van der Waals surface area contributed by atoms with Crippen molar-refractivity contribution >= 4 is 5.91 Å². The second-order valence-electron chi connectivity index (χ2n) is 6.60. The number of piperidine rings is 2. The highest BCUT2D eigenvalue weighted by Gasteiger charge is 2.29. The van der Waals surface area contributed by atoms with E-state index in [1.807, 2.05) is 0 Å². The van der Waals surface area contributed by atoms with Crippen LogP contribution in [0.1, 0.15) is 46.0 Å². The molecule has 2 rings (SSSR count). The van der Waals surface area contributed by atoms with Crippen LogP contribution in [0.25, 0.3) is 0 Å². The van der Waals surface area contributed by atoms with E-state index in [0.717, 1.165) is 32.5 Å². The molecule has 0 unspecified atom stereocenters. The van der Waals surface area contributed by atoms with E-state index < -0.39 is 0 Å². The maximum Gasteiger partial charge on any atom is 0.223 e. The molecule has 0 atom stereocenters. The summed E-state index contributed by atoms with van der Waals surface area (Å²) in [5, 5.41) is 6.49. The number of hydrogen-bond acceptors (Lipinski definition) is 3. The van der Waals surface area contributed by atoms with Crippen LogP contribution in [0.2, 0.25) is 0 Å². The van der Waals surface area contributed by atoms with Crippen LogP contribution >= 0.6 is 0 Å². The summed E-state index contributed by atoms with van der Waals surface area (Å²) >= 11 is 0. The standard InChI is InChI=1S/C15H29N3O/c1-15(2,18-10-4-3-5-11-18)12-17-14(19)13-6-8-16-9-7-13/h13,16H,3-12H2,1-2H3,(H,17,19). The van der Waals surface area contributed by atoms with Gasteiger partial charge in [-0.15, -0.1) is 0 Å². The Kier molecular flexibility index (Phi) is 5.22. The molecule has 2 N–H and O–H groups in total. The van der Waals surface area contributed by atoms with Gasteiger partial charge in [0, 0.05) is 18.0 Å². The highest BCUT2D eigenvalue weighted by molar-refractivity contribution is 5.78. The van der Waals surface area contributed by atoms with Gasteiger partial charge in [0.05, 0.1) is 0 Å². The quantitative estimate of drug-likeness (QED) is 0.808. The second-order valence-corrected chi connectivity index (χ2v) is 6.60. The Morgan fingerprint density at radius 1 is 1.21 bits per heavy atom. The van der Waals surface area contributed by atoms with Crippen LogP contribution in [0.4, 0.5) is 0 Å². The van der Waals surface area contributed by atoms with Crippen molar-refractivity contribution in [3.05, 3.63) is 0 Å². The maximum atomic E-state index is 12.2. The average molecular weight is 267 g/mol. The largest absolute Gasteiger partial charge is 0.354 e. The van der Waals surface area contributed by atoms with Gasteiger partial charge in [-0.05, 0) is 65.7 Å². The van der Waals surface area contributed by atoms with Gasteiger partial charge < -0.3 is 10.6 Å². The summed E-state index contributed by atoms with van der Waals surface area (Å²) in [7, 11) is 0. The van der Waals surface area contributed by atoms with Gasteiger partial charge in [-0.1, -0.05) is 6.42 Å². The topological polar surface area (TPSA) is 44.4 Å². The van der Waals surface area contributed by atoms with Crippen LogP contribution in [-0.2, 0) is 4.79 Å². The Morgan fingerprint density at radius 3 is 2.47 bits per heavy atom. The molecule has 2 fully saturated rings. The highest BCUT2D eigenvalue weighted by Crippen LogP contribution is 2.20. The SMILES string of the molecule is CC(C)(CNC(=O)C1CCNCC1)N1CCCCC1. The number of carbonyl (C=O) groups is 1. The van der Waals surface area contributed by atoms with Gasteiger partial charge in [0.1, 0.15) is 0 Å². The summed E-state index contributed by atoms with van der Waals surface area (Å²) in [5.41, 5.74) is 0.0863. The Hall–Kier alpha value is -0.610. The van der Waals surface area contributed by atoms with Crippen molar-refractivity contribution in [2.24, 2.45) is 5.92 Å². The lowest BCUT2D eigenvalue weighted by Crippen LogP contribution is -2.54. The van der Waals surface area contributed by atoms with Crippen LogP contribution in [0, 0.1) is 5.92 Å². The van der Waals surface area contributed by atoms with Crippen molar-refractivity contribution in [3.8, 4) is 0 Å². The van der Waals surface area contributed by atoms with Gasteiger partial charge >= 0.3 is 0 Å². The van der Waals surface area contributed by atoms with Gasteiger partial charge in [-0.3, -0.25) is 9.69 Å². The zero-order chi connectivity index (χ0) is 13.7. The molecule has 0 aromatic rings. The number of carbonyl (C=O) groups excluding carboxylic acids is 1. The second kappa shape index (κ2) is 6.71. The van der Waals surface area contributed by atoms with Crippen molar-refractivity contribution < 1.29 is 4.79 Å². The van der Waals surface area contributed by atoms with Gasteiger partial charge in [0.15, 0.2) is 0 Å². The molecule has 0 saturated carbocycles. The molecule has 0 aromatic heterocycles. The minimum atomic E-state index is 0.0863. The lowest BCUT2D eigenvalue weighted by atomic mass is 9.95. The molecule has 110 valence electrons. The molecule has 4 heteroatoms. The highest BCUT2D eigenvalue weighted by atomic mass is 16.1. The molecule has 0 radical (unpaired) electrons. The van der Waals surface area contributed by atoms with Gasteiger partial charge in [0.25, 0.3) is 0 Å². The molecular weight excluding hydrogens is 238 g/mol. The Bertz CT molecular complexity index is 292. The monoisotopic (exact) mass is 267 g/mol. The van der Waals surface area contributed by atoms with Crippen LogP contribution in [-0.4, -0.2) is 49.1 Å². The Morgan fingerprint density at radius 2 is 1.84 bits per heavy atom. The molecule has 0 aromatic carbocycles. The predicted octanol–water partition coefficient (Wildman–Crippen LogP) is 1.37. The summed E-state index contributed by atoms with van der Waals surface area (Å²) in [6.45, 7) is 9.59. The van der Waals surface area contributed by atoms with Crippen molar-refractivity contribution in [3.63, 3.8) is 0 Å². The molecule has 1 amide bonds. The first kappa shape index (κ1) is 14.8. The first-order valence-corrected chi connectivity index (χ1v) is 7.83. The third-order valence-electron chi connectivity index (χ3n) is 4.62. The lowest BCUT2D eigenvalue weighted by Gasteiger charge is -2.41. The van der Waals surface area contributed by atoms with Crippen LogP contribution < -0.4 is 10.6 Å². The predicted molar refractivity (Wildman–Crippen MR) is 78.1 cm³/mol. The van der Waals surface area contributed by atoms with Crippen molar-refractivity contribution in [2.45, 2.75) is 51.5 Å². The van der Waals surface area contributed by atoms with Crippen molar-refractivity contribution in [1.29, 1.82) is 0 Å². The molecule has 0 spiro atoms. The van der Waals surface area contributed by atoms with Gasteiger partial charge in [0.2, 0.25) is 5.91 Å². The first-order valence-electron chi connectivity index (χ1n) is 7.83. The summed E-state index contributed by atoms with van der Waals surface area (Å²) in [6.07, 6.45) is 5.91. The third-order valence-corrected chi connectivity index (χ3v) is 4.62. The van der Waals surface area contributed by atoms with E-state index in [2.05, 4.69) is 29.4 Å². The minimum absolute atomic E-state index is 0.0863. The van der Waals surface area contributed by atoms with Gasteiger partial charge in [-0.2, -0.15) is 0 Å². The Labute approximate surface area is 117 Å². The van der Waals surface area contributed by atoms with Crippen LogP contribution in [0.3, 0.4) is 0 Å². The van der Waals surface area contributed by atoms with Crippen molar-refractivity contribution in [2.75, 3.05) is 32.7 Å². The summed E-state index contributed by atoms with van der Waals surface area (Å²) in [5.74, 6) is 0.477.